The smallest absolute Gasteiger partial charge is 0.144 e. The van der Waals surface area contributed by atoms with Crippen LogP contribution in [0.2, 0.25) is 0 Å². The van der Waals surface area contributed by atoms with Gasteiger partial charge in [0.2, 0.25) is 0 Å². The molecule has 0 amide bonds. The van der Waals surface area contributed by atoms with Crippen LogP contribution in [0.1, 0.15) is 66.7 Å². The molecular weight excluding hydrogens is 272 g/mol. The van der Waals surface area contributed by atoms with Gasteiger partial charge in [0.05, 0.1) is 17.6 Å². The Morgan fingerprint density at radius 1 is 1.41 bits per heavy atom. The van der Waals surface area contributed by atoms with E-state index in [9.17, 15) is 4.79 Å². The van der Waals surface area contributed by atoms with Crippen molar-refractivity contribution >= 4 is 5.78 Å². The standard InChI is InChI=1S/C20H32O2/c1-13(2)16-9-10-20(6)19(22-20)8-7-15(5)11-18(21)17(12-16)14(3)4/h12-13,15,17,19H,3,7-11H2,1-2,4-6H3/b16-12-/t15-,17?,19-,20-/m0/s1. The van der Waals surface area contributed by atoms with Crippen LogP contribution in [0.5, 0.6) is 0 Å². The van der Waals surface area contributed by atoms with E-state index in [4.69, 9.17) is 4.74 Å². The first-order chi connectivity index (χ1) is 10.2. The predicted octanol–water partition coefficient (Wildman–Crippen LogP) is 5.09. The van der Waals surface area contributed by atoms with Gasteiger partial charge in [-0.2, -0.15) is 0 Å². The first kappa shape index (κ1) is 17.5. The fourth-order valence-corrected chi connectivity index (χ4v) is 3.56. The molecule has 0 aromatic heterocycles. The van der Waals surface area contributed by atoms with Crippen LogP contribution in [-0.2, 0) is 9.53 Å². The molecule has 2 aliphatic rings. The van der Waals surface area contributed by atoms with Gasteiger partial charge in [-0.3, -0.25) is 4.79 Å². The van der Waals surface area contributed by atoms with Crippen LogP contribution >= 0.6 is 0 Å². The molecule has 0 aromatic carbocycles. The molecule has 1 fully saturated rings. The number of carbonyl (C=O) groups is 1. The minimum absolute atomic E-state index is 0.0651. The molecule has 2 rings (SSSR count). The Hall–Kier alpha value is -0.890. The van der Waals surface area contributed by atoms with Crippen LogP contribution in [0.4, 0.5) is 0 Å². The zero-order valence-corrected chi connectivity index (χ0v) is 14.9. The third-order valence-corrected chi connectivity index (χ3v) is 5.42. The molecule has 1 aliphatic heterocycles. The van der Waals surface area contributed by atoms with Crippen molar-refractivity contribution in [3.8, 4) is 0 Å². The third kappa shape index (κ3) is 4.10. The van der Waals surface area contributed by atoms with Gasteiger partial charge in [0, 0.05) is 6.42 Å². The van der Waals surface area contributed by atoms with E-state index >= 15 is 0 Å². The van der Waals surface area contributed by atoms with Crippen molar-refractivity contribution in [2.24, 2.45) is 17.8 Å². The maximum Gasteiger partial charge on any atom is 0.144 e. The summed E-state index contributed by atoms with van der Waals surface area (Å²) in [6.07, 6.45) is 7.51. The monoisotopic (exact) mass is 304 g/mol. The number of ketones is 1. The molecule has 124 valence electrons. The molecular formula is C20H32O2. The normalized spacial score (nSPS) is 39.3. The van der Waals surface area contributed by atoms with Crippen molar-refractivity contribution in [2.75, 3.05) is 0 Å². The van der Waals surface area contributed by atoms with Crippen LogP contribution in [0.25, 0.3) is 0 Å². The van der Waals surface area contributed by atoms with Crippen LogP contribution in [-0.4, -0.2) is 17.5 Å². The summed E-state index contributed by atoms with van der Waals surface area (Å²) in [4.78, 5) is 12.7. The first-order valence-electron chi connectivity index (χ1n) is 8.79. The van der Waals surface area contributed by atoms with E-state index in [1.165, 1.54) is 5.57 Å². The molecule has 1 aliphatic carbocycles. The Balaban J connectivity index is 2.26. The van der Waals surface area contributed by atoms with Gasteiger partial charge < -0.3 is 4.74 Å². The second kappa shape index (κ2) is 6.70. The number of hydrogen-bond donors (Lipinski definition) is 0. The Morgan fingerprint density at radius 2 is 2.09 bits per heavy atom. The van der Waals surface area contributed by atoms with Crippen molar-refractivity contribution in [3.63, 3.8) is 0 Å². The summed E-state index contributed by atoms with van der Waals surface area (Å²) in [5.74, 6) is 1.12. The van der Waals surface area contributed by atoms with Crippen LogP contribution < -0.4 is 0 Å². The Bertz CT molecular complexity index is 474. The van der Waals surface area contributed by atoms with Crippen molar-refractivity contribution in [1.29, 1.82) is 0 Å². The lowest BCUT2D eigenvalue weighted by Crippen LogP contribution is -2.20. The quantitative estimate of drug-likeness (QED) is 0.525. The summed E-state index contributed by atoms with van der Waals surface area (Å²) in [7, 11) is 0. The molecule has 1 saturated heterocycles. The fourth-order valence-electron chi connectivity index (χ4n) is 3.56. The summed E-state index contributed by atoms with van der Waals surface area (Å²) >= 11 is 0. The summed E-state index contributed by atoms with van der Waals surface area (Å²) in [6, 6.07) is 0. The number of fused-ring (bicyclic) bond motifs is 1. The highest BCUT2D eigenvalue weighted by molar-refractivity contribution is 5.85. The van der Waals surface area contributed by atoms with E-state index in [1.54, 1.807) is 0 Å². The van der Waals surface area contributed by atoms with Gasteiger partial charge in [0.25, 0.3) is 0 Å². The molecule has 2 nitrogen and oxygen atoms in total. The van der Waals surface area contributed by atoms with Gasteiger partial charge in [0.15, 0.2) is 0 Å². The van der Waals surface area contributed by atoms with Crippen LogP contribution in [0.15, 0.2) is 23.8 Å². The highest BCUT2D eigenvalue weighted by atomic mass is 16.6. The van der Waals surface area contributed by atoms with Gasteiger partial charge in [0.1, 0.15) is 5.78 Å². The highest BCUT2D eigenvalue weighted by Crippen LogP contribution is 2.45. The minimum atomic E-state index is -0.108. The number of epoxide rings is 1. The first-order valence-corrected chi connectivity index (χ1v) is 8.79. The number of Topliss-reactive ketones (excluding diaryl/α,β-unsaturated/α-hetero) is 1. The van der Waals surface area contributed by atoms with E-state index < -0.39 is 0 Å². The molecule has 2 heteroatoms. The number of hydrogen-bond acceptors (Lipinski definition) is 2. The number of carbonyl (C=O) groups excluding carboxylic acids is 1. The largest absolute Gasteiger partial charge is 0.366 e. The number of rotatable bonds is 2. The molecule has 1 heterocycles. The maximum absolute atomic E-state index is 12.7. The molecule has 0 bridgehead atoms. The van der Waals surface area contributed by atoms with Crippen LogP contribution in [0, 0.1) is 17.8 Å². The molecule has 0 spiro atoms. The van der Waals surface area contributed by atoms with Crippen LogP contribution in [0.3, 0.4) is 0 Å². The summed E-state index contributed by atoms with van der Waals surface area (Å²) in [6.45, 7) is 14.9. The van der Waals surface area contributed by atoms with Crippen molar-refractivity contribution in [3.05, 3.63) is 23.8 Å². The molecule has 0 radical (unpaired) electrons. The van der Waals surface area contributed by atoms with Crippen molar-refractivity contribution in [1.82, 2.24) is 0 Å². The average molecular weight is 304 g/mol. The second-order valence-electron chi connectivity index (χ2n) is 7.99. The van der Waals surface area contributed by atoms with Gasteiger partial charge >= 0.3 is 0 Å². The molecule has 22 heavy (non-hydrogen) atoms. The predicted molar refractivity (Wildman–Crippen MR) is 91.8 cm³/mol. The lowest BCUT2D eigenvalue weighted by Gasteiger charge is -2.21. The third-order valence-electron chi connectivity index (χ3n) is 5.42. The van der Waals surface area contributed by atoms with Gasteiger partial charge in [-0.1, -0.05) is 44.6 Å². The Morgan fingerprint density at radius 3 is 2.68 bits per heavy atom. The SMILES string of the molecule is C=C(C)C1/C=C(\C(C)C)CC[C@]2(C)O[C@H]2CC[C@H](C)CC1=O. The van der Waals surface area contributed by atoms with Gasteiger partial charge in [-0.25, -0.2) is 0 Å². The number of ether oxygens (including phenoxy) is 1. The van der Waals surface area contributed by atoms with Crippen molar-refractivity contribution < 1.29 is 9.53 Å². The van der Waals surface area contributed by atoms with E-state index in [-0.39, 0.29) is 11.5 Å². The van der Waals surface area contributed by atoms with E-state index in [2.05, 4.69) is 40.3 Å². The Kier molecular flexibility index (Phi) is 5.32. The molecule has 0 N–H and O–H groups in total. The Labute approximate surface area is 136 Å². The number of allylic oxidation sites excluding steroid dienone is 3. The minimum Gasteiger partial charge on any atom is -0.366 e. The zero-order valence-electron chi connectivity index (χ0n) is 14.9. The molecule has 4 atom stereocenters. The molecule has 1 unspecified atom stereocenters. The molecule has 0 saturated carbocycles. The summed E-state index contributed by atoms with van der Waals surface area (Å²) in [5, 5.41) is 0. The lowest BCUT2D eigenvalue weighted by molar-refractivity contribution is -0.121. The van der Waals surface area contributed by atoms with E-state index in [1.807, 2.05) is 6.92 Å². The van der Waals surface area contributed by atoms with E-state index in [0.717, 1.165) is 31.3 Å². The summed E-state index contributed by atoms with van der Waals surface area (Å²) in [5.41, 5.74) is 2.42. The second-order valence-corrected chi connectivity index (χ2v) is 7.99. The fraction of sp³-hybridized carbons (Fsp3) is 0.750. The van der Waals surface area contributed by atoms with E-state index in [0.29, 0.717) is 30.1 Å². The molecule has 0 aromatic rings. The zero-order chi connectivity index (χ0) is 16.5. The highest BCUT2D eigenvalue weighted by Gasteiger charge is 2.51. The average Bonchev–Trinajstić information content (AvgIpc) is 3.05. The summed E-state index contributed by atoms with van der Waals surface area (Å²) < 4.78 is 5.97. The topological polar surface area (TPSA) is 29.6 Å². The lowest BCUT2D eigenvalue weighted by atomic mass is 9.82. The maximum atomic E-state index is 12.7. The van der Waals surface area contributed by atoms with Gasteiger partial charge in [-0.15, -0.1) is 0 Å². The van der Waals surface area contributed by atoms with Crippen molar-refractivity contribution in [2.45, 2.75) is 78.4 Å². The van der Waals surface area contributed by atoms with Gasteiger partial charge in [-0.05, 0) is 51.4 Å².